The Bertz CT molecular complexity index is 544. The van der Waals surface area contributed by atoms with Gasteiger partial charge in [0.05, 0.1) is 6.42 Å². The molecule has 1 aromatic rings. The maximum Gasteiger partial charge on any atom is 0.326 e. The van der Waals surface area contributed by atoms with Gasteiger partial charge < -0.3 is 20.4 Å². The second-order valence-electron chi connectivity index (χ2n) is 4.78. The number of aliphatic carboxylic acids is 2. The fourth-order valence-electron chi connectivity index (χ4n) is 1.79. The molecule has 0 radical (unpaired) electrons. The van der Waals surface area contributed by atoms with E-state index in [1.807, 2.05) is 31.2 Å². The summed E-state index contributed by atoms with van der Waals surface area (Å²) >= 11 is 0. The van der Waals surface area contributed by atoms with E-state index < -0.39 is 30.4 Å². The van der Waals surface area contributed by atoms with E-state index in [-0.39, 0.29) is 0 Å². The molecule has 7 heteroatoms. The average molecular weight is 294 g/mol. The van der Waals surface area contributed by atoms with Gasteiger partial charge in [0.15, 0.2) is 0 Å². The van der Waals surface area contributed by atoms with Gasteiger partial charge in [0.2, 0.25) is 0 Å². The van der Waals surface area contributed by atoms with Crippen molar-refractivity contribution in [3.8, 4) is 0 Å². The molecule has 7 nitrogen and oxygen atoms in total. The summed E-state index contributed by atoms with van der Waals surface area (Å²) in [5.74, 6) is -2.67. The van der Waals surface area contributed by atoms with E-state index >= 15 is 0 Å². The van der Waals surface area contributed by atoms with Crippen LogP contribution in [0.25, 0.3) is 0 Å². The molecule has 0 saturated heterocycles. The van der Waals surface area contributed by atoms with Crippen LogP contribution >= 0.6 is 0 Å². The summed E-state index contributed by atoms with van der Waals surface area (Å²) < 4.78 is 0. The van der Waals surface area contributed by atoms with Crippen LogP contribution in [0.4, 0.5) is 4.79 Å². The fourth-order valence-corrected chi connectivity index (χ4v) is 1.79. The van der Waals surface area contributed by atoms with E-state index in [4.69, 9.17) is 10.2 Å². The molecule has 0 aliphatic rings. The van der Waals surface area contributed by atoms with Gasteiger partial charge in [-0.25, -0.2) is 9.59 Å². The zero-order valence-electron chi connectivity index (χ0n) is 11.9. The molecule has 1 aromatic carbocycles. The number of carboxylic acids is 2. The summed E-state index contributed by atoms with van der Waals surface area (Å²) in [5.41, 5.74) is 1.95. The molecule has 0 bridgehead atoms. The summed E-state index contributed by atoms with van der Waals surface area (Å²) in [4.78, 5) is 34.7. The highest BCUT2D eigenvalue weighted by molar-refractivity contribution is 5.86. The number of carbonyl (C=O) groups is 3. The molecule has 0 spiro atoms. The number of carboxylic acid groups (broad SMARTS) is 2. The Balaban J connectivity index is 2.64. The van der Waals surface area contributed by atoms with Crippen molar-refractivity contribution in [2.75, 3.05) is 7.05 Å². The lowest BCUT2D eigenvalue weighted by Crippen LogP contribution is -2.47. The first-order valence-corrected chi connectivity index (χ1v) is 6.31. The van der Waals surface area contributed by atoms with Gasteiger partial charge in [-0.15, -0.1) is 0 Å². The molecule has 3 N–H and O–H groups in total. The van der Waals surface area contributed by atoms with E-state index in [1.165, 1.54) is 11.9 Å². The van der Waals surface area contributed by atoms with E-state index in [1.54, 1.807) is 0 Å². The van der Waals surface area contributed by atoms with Gasteiger partial charge in [-0.2, -0.15) is 0 Å². The van der Waals surface area contributed by atoms with Crippen molar-refractivity contribution in [3.05, 3.63) is 35.4 Å². The summed E-state index contributed by atoms with van der Waals surface area (Å²) in [6.45, 7) is 2.23. The predicted molar refractivity (Wildman–Crippen MR) is 74.9 cm³/mol. The summed E-state index contributed by atoms with van der Waals surface area (Å²) in [5, 5.41) is 19.7. The Labute approximate surface area is 122 Å². The number of urea groups is 1. The second kappa shape index (κ2) is 7.28. The molecule has 0 heterocycles. The maximum absolute atomic E-state index is 11.9. The van der Waals surface area contributed by atoms with E-state index in [9.17, 15) is 14.4 Å². The summed E-state index contributed by atoms with van der Waals surface area (Å²) in [6, 6.07) is 5.47. The quantitative estimate of drug-likeness (QED) is 0.727. The fraction of sp³-hybridized carbons (Fsp3) is 0.357. The first kappa shape index (κ1) is 16.5. The van der Waals surface area contributed by atoms with Gasteiger partial charge in [0.25, 0.3) is 0 Å². The van der Waals surface area contributed by atoms with Crippen LogP contribution in [0.2, 0.25) is 0 Å². The molecule has 0 saturated carbocycles. The first-order valence-electron chi connectivity index (χ1n) is 6.31. The minimum Gasteiger partial charge on any atom is -0.481 e. The first-order chi connectivity index (χ1) is 9.79. The summed E-state index contributed by atoms with van der Waals surface area (Å²) in [6.07, 6.45) is -0.667. The number of benzene rings is 1. The molecular weight excluding hydrogens is 276 g/mol. The van der Waals surface area contributed by atoms with Gasteiger partial charge in [-0.3, -0.25) is 4.79 Å². The van der Waals surface area contributed by atoms with Crippen molar-refractivity contribution in [2.45, 2.75) is 25.9 Å². The van der Waals surface area contributed by atoms with Gasteiger partial charge >= 0.3 is 18.0 Å². The number of hydrogen-bond donors (Lipinski definition) is 3. The van der Waals surface area contributed by atoms with E-state index in [2.05, 4.69) is 5.32 Å². The molecule has 0 aliphatic carbocycles. The number of nitrogens with one attached hydrogen (secondary N) is 1. The predicted octanol–water partition coefficient (Wildman–Crippen LogP) is 1.06. The molecule has 0 aliphatic heterocycles. The van der Waals surface area contributed by atoms with Gasteiger partial charge in [0, 0.05) is 13.6 Å². The number of nitrogens with zero attached hydrogens (tertiary/aromatic N) is 1. The van der Waals surface area contributed by atoms with Gasteiger partial charge in [0.1, 0.15) is 6.04 Å². The molecule has 0 fully saturated rings. The Hall–Kier alpha value is -2.57. The topological polar surface area (TPSA) is 107 Å². The molecule has 114 valence electrons. The van der Waals surface area contributed by atoms with Crippen LogP contribution in [0.3, 0.4) is 0 Å². The van der Waals surface area contributed by atoms with Crippen molar-refractivity contribution < 1.29 is 24.6 Å². The minimum absolute atomic E-state index is 0.299. The Morgan fingerprint density at radius 1 is 1.29 bits per heavy atom. The van der Waals surface area contributed by atoms with Crippen molar-refractivity contribution in [2.24, 2.45) is 0 Å². The normalized spacial score (nSPS) is 11.5. The molecule has 0 aromatic heterocycles. The van der Waals surface area contributed by atoms with Crippen molar-refractivity contribution in [1.82, 2.24) is 10.2 Å². The van der Waals surface area contributed by atoms with Crippen LogP contribution in [0.5, 0.6) is 0 Å². The molecule has 21 heavy (non-hydrogen) atoms. The second-order valence-corrected chi connectivity index (χ2v) is 4.78. The summed E-state index contributed by atoms with van der Waals surface area (Å²) in [7, 11) is 1.51. The maximum atomic E-state index is 11.9. The number of amides is 2. The van der Waals surface area contributed by atoms with Crippen molar-refractivity contribution in [1.29, 1.82) is 0 Å². The van der Waals surface area contributed by atoms with Crippen LogP contribution in [0.15, 0.2) is 24.3 Å². The SMILES string of the molecule is Cc1cccc(CN(C)C(=O)N[C@H](CC(=O)O)C(=O)O)c1. The van der Waals surface area contributed by atoms with E-state index in [0.29, 0.717) is 6.54 Å². The highest BCUT2D eigenvalue weighted by Crippen LogP contribution is 2.07. The number of hydrogen-bond acceptors (Lipinski definition) is 3. The van der Waals surface area contributed by atoms with Crippen molar-refractivity contribution in [3.63, 3.8) is 0 Å². The Morgan fingerprint density at radius 2 is 1.95 bits per heavy atom. The average Bonchev–Trinajstić information content (AvgIpc) is 2.37. The lowest BCUT2D eigenvalue weighted by Gasteiger charge is -2.21. The monoisotopic (exact) mass is 294 g/mol. The third kappa shape index (κ3) is 5.52. The molecule has 1 atom stereocenters. The molecular formula is C14H18N2O5. The molecule has 1 rings (SSSR count). The zero-order valence-corrected chi connectivity index (χ0v) is 11.9. The highest BCUT2D eigenvalue weighted by atomic mass is 16.4. The van der Waals surface area contributed by atoms with Crippen LogP contribution < -0.4 is 5.32 Å². The number of carbonyl (C=O) groups excluding carboxylic acids is 1. The van der Waals surface area contributed by atoms with Crippen LogP contribution in [0, 0.1) is 6.92 Å². The lowest BCUT2D eigenvalue weighted by atomic mass is 10.1. The number of rotatable bonds is 6. The van der Waals surface area contributed by atoms with Crippen LogP contribution in [-0.4, -0.2) is 46.2 Å². The third-order valence-corrected chi connectivity index (χ3v) is 2.82. The molecule has 2 amide bonds. The standard InChI is InChI=1S/C14H18N2O5/c1-9-4-3-5-10(6-9)8-16(2)14(21)15-11(13(19)20)7-12(17)18/h3-6,11H,7-8H2,1-2H3,(H,15,21)(H,17,18)(H,19,20)/t11-/m1/s1. The Morgan fingerprint density at radius 3 is 2.48 bits per heavy atom. The Kier molecular flexibility index (Phi) is 5.71. The third-order valence-electron chi connectivity index (χ3n) is 2.82. The highest BCUT2D eigenvalue weighted by Gasteiger charge is 2.24. The van der Waals surface area contributed by atoms with Gasteiger partial charge in [-0.05, 0) is 12.5 Å². The van der Waals surface area contributed by atoms with E-state index in [0.717, 1.165) is 11.1 Å². The van der Waals surface area contributed by atoms with Crippen LogP contribution in [-0.2, 0) is 16.1 Å². The van der Waals surface area contributed by atoms with Gasteiger partial charge in [-0.1, -0.05) is 29.8 Å². The smallest absolute Gasteiger partial charge is 0.326 e. The lowest BCUT2D eigenvalue weighted by molar-refractivity contribution is -0.145. The van der Waals surface area contributed by atoms with Crippen LogP contribution in [0.1, 0.15) is 17.5 Å². The van der Waals surface area contributed by atoms with Crippen molar-refractivity contribution >= 4 is 18.0 Å². The minimum atomic E-state index is -1.45. The largest absolute Gasteiger partial charge is 0.481 e. The zero-order chi connectivity index (χ0) is 16.0. The number of aryl methyl sites for hydroxylation is 1. The molecule has 0 unspecified atom stereocenters.